The van der Waals surface area contributed by atoms with Crippen molar-refractivity contribution in [1.29, 1.82) is 0 Å². The summed E-state index contributed by atoms with van der Waals surface area (Å²) in [5.74, 6) is 0.454. The first kappa shape index (κ1) is 11.5. The molecular weight excluding hydrogens is 248 g/mol. The number of H-pyrrole nitrogens is 1. The van der Waals surface area contributed by atoms with Gasteiger partial charge in [0.2, 0.25) is 11.2 Å². The van der Waals surface area contributed by atoms with Crippen molar-refractivity contribution >= 4 is 17.5 Å². The van der Waals surface area contributed by atoms with Crippen molar-refractivity contribution in [3.05, 3.63) is 27.3 Å². The lowest BCUT2D eigenvalue weighted by molar-refractivity contribution is 0.444. The van der Waals surface area contributed by atoms with Gasteiger partial charge in [0.15, 0.2) is 0 Å². The van der Waals surface area contributed by atoms with Crippen LogP contribution in [0.5, 0.6) is 0 Å². The predicted octanol–water partition coefficient (Wildman–Crippen LogP) is -0.0604. The lowest BCUT2D eigenvalue weighted by atomic mass is 10.5. The number of aryl methyl sites for hydroxylation is 2. The third-order valence-corrected chi connectivity index (χ3v) is 2.03. The molecule has 9 heteroatoms. The van der Waals surface area contributed by atoms with E-state index in [9.17, 15) is 4.79 Å². The highest BCUT2D eigenvalue weighted by molar-refractivity contribution is 6.28. The molecule has 0 fully saturated rings. The Hall–Kier alpha value is -1.96. The molecular formula is C8H9ClN6O2. The van der Waals surface area contributed by atoms with Crippen LogP contribution in [0.4, 0.5) is 5.95 Å². The van der Waals surface area contributed by atoms with Crippen molar-refractivity contribution in [3.8, 4) is 0 Å². The summed E-state index contributed by atoms with van der Waals surface area (Å²) < 4.78 is 6.72. The highest BCUT2D eigenvalue weighted by Gasteiger charge is 2.03. The van der Waals surface area contributed by atoms with Gasteiger partial charge < -0.3 is 4.42 Å². The molecule has 2 rings (SSSR count). The van der Waals surface area contributed by atoms with Crippen molar-refractivity contribution in [3.63, 3.8) is 0 Å². The maximum absolute atomic E-state index is 11.0. The summed E-state index contributed by atoms with van der Waals surface area (Å²) in [5.41, 5.74) is -0.426. The first-order valence-corrected chi connectivity index (χ1v) is 5.18. The Morgan fingerprint density at radius 1 is 1.53 bits per heavy atom. The normalized spacial score (nSPS) is 12.1. The molecule has 0 bridgehead atoms. The highest BCUT2D eigenvalue weighted by atomic mass is 35.5. The lowest BCUT2D eigenvalue weighted by Crippen LogP contribution is -2.15. The number of hydrogen-bond donors (Lipinski definition) is 1. The number of nitrogens with one attached hydrogen (secondary N) is 1. The van der Waals surface area contributed by atoms with Gasteiger partial charge in [-0.15, -0.1) is 5.10 Å². The van der Waals surface area contributed by atoms with Gasteiger partial charge in [-0.25, -0.2) is 9.48 Å². The standard InChI is InChI=1S/C8H9ClN6O2/c1-3-4-14-15(2)8(17-4)13-6-10-5(9)11-7(16)12-6/h3H2,1-2H3,(H,10,11,12,16)/b13-8-. The Labute approximate surface area is 100 Å². The second kappa shape index (κ2) is 4.50. The van der Waals surface area contributed by atoms with Gasteiger partial charge in [-0.2, -0.15) is 15.0 Å². The SMILES string of the molecule is CCc1nn(C)/c(=N/c2nc(Cl)[nH]c(=O)n2)o1. The van der Waals surface area contributed by atoms with Gasteiger partial charge in [-0.05, 0) is 11.6 Å². The van der Waals surface area contributed by atoms with E-state index in [0.29, 0.717) is 12.3 Å². The van der Waals surface area contributed by atoms with Crippen LogP contribution in [-0.4, -0.2) is 24.7 Å². The first-order chi connectivity index (χ1) is 8.08. The quantitative estimate of drug-likeness (QED) is 0.811. The number of hydrogen-bond acceptors (Lipinski definition) is 6. The zero-order valence-electron chi connectivity index (χ0n) is 9.14. The van der Waals surface area contributed by atoms with Crippen LogP contribution in [0.3, 0.4) is 0 Å². The van der Waals surface area contributed by atoms with Gasteiger partial charge in [0.05, 0.1) is 0 Å². The van der Waals surface area contributed by atoms with E-state index in [4.69, 9.17) is 16.0 Å². The Morgan fingerprint density at radius 2 is 2.29 bits per heavy atom. The molecule has 2 heterocycles. The van der Waals surface area contributed by atoms with E-state index in [1.54, 1.807) is 7.05 Å². The Bertz CT molecular complexity index is 655. The summed E-state index contributed by atoms with van der Waals surface area (Å²) in [4.78, 5) is 24.5. The molecule has 0 spiro atoms. The summed E-state index contributed by atoms with van der Waals surface area (Å²) >= 11 is 5.57. The predicted molar refractivity (Wildman–Crippen MR) is 57.7 cm³/mol. The van der Waals surface area contributed by atoms with Gasteiger partial charge in [-0.3, -0.25) is 4.98 Å². The smallest absolute Gasteiger partial charge is 0.350 e. The monoisotopic (exact) mass is 256 g/mol. The molecule has 0 aliphatic heterocycles. The minimum Gasteiger partial charge on any atom is -0.408 e. The summed E-state index contributed by atoms with van der Waals surface area (Å²) in [7, 11) is 1.66. The Kier molecular flexibility index (Phi) is 3.05. The fourth-order valence-electron chi connectivity index (χ4n) is 1.12. The number of nitrogens with zero attached hydrogens (tertiary/aromatic N) is 5. The summed E-state index contributed by atoms with van der Waals surface area (Å²) in [6, 6.07) is 0. The zero-order chi connectivity index (χ0) is 12.4. The van der Waals surface area contributed by atoms with Crippen LogP contribution in [0, 0.1) is 0 Å². The molecule has 0 unspecified atom stereocenters. The average Bonchev–Trinajstić information content (AvgIpc) is 2.58. The van der Waals surface area contributed by atoms with E-state index < -0.39 is 5.69 Å². The molecule has 0 amide bonds. The lowest BCUT2D eigenvalue weighted by Gasteiger charge is -1.90. The minimum absolute atomic E-state index is 0.0758. The van der Waals surface area contributed by atoms with Gasteiger partial charge >= 0.3 is 11.4 Å². The molecule has 0 atom stereocenters. The van der Waals surface area contributed by atoms with E-state index in [1.807, 2.05) is 6.92 Å². The third-order valence-electron chi connectivity index (χ3n) is 1.86. The van der Waals surface area contributed by atoms with Crippen molar-refractivity contribution in [2.24, 2.45) is 12.0 Å². The molecule has 8 nitrogen and oxygen atoms in total. The molecule has 0 aliphatic carbocycles. The van der Waals surface area contributed by atoms with Crippen LogP contribution in [0.2, 0.25) is 5.28 Å². The number of halogens is 1. The maximum Gasteiger partial charge on any atom is 0.350 e. The van der Waals surface area contributed by atoms with E-state index in [0.717, 1.165) is 0 Å². The fourth-order valence-corrected chi connectivity index (χ4v) is 1.28. The third kappa shape index (κ3) is 2.59. The summed E-state index contributed by atoms with van der Waals surface area (Å²) in [5, 5.41) is 3.97. The van der Waals surface area contributed by atoms with E-state index in [-0.39, 0.29) is 16.9 Å². The van der Waals surface area contributed by atoms with Crippen molar-refractivity contribution in [2.75, 3.05) is 0 Å². The van der Waals surface area contributed by atoms with E-state index in [2.05, 4.69) is 25.0 Å². The largest absolute Gasteiger partial charge is 0.408 e. The molecule has 0 aromatic carbocycles. The second-order valence-electron chi connectivity index (χ2n) is 3.11. The summed E-state index contributed by atoms with van der Waals surface area (Å²) in [6.07, 6.45) is 0.639. The number of aromatic amines is 1. The van der Waals surface area contributed by atoms with Crippen molar-refractivity contribution in [1.82, 2.24) is 24.7 Å². The molecule has 0 aliphatic rings. The van der Waals surface area contributed by atoms with Crippen molar-refractivity contribution < 1.29 is 4.42 Å². The topological polar surface area (TPSA) is 102 Å². The van der Waals surface area contributed by atoms with Gasteiger partial charge in [0.25, 0.3) is 5.95 Å². The molecule has 17 heavy (non-hydrogen) atoms. The van der Waals surface area contributed by atoms with Crippen molar-refractivity contribution in [2.45, 2.75) is 13.3 Å². The first-order valence-electron chi connectivity index (χ1n) is 4.80. The minimum atomic E-state index is -0.623. The van der Waals surface area contributed by atoms with Crippen LogP contribution in [0.15, 0.2) is 14.2 Å². The highest BCUT2D eigenvalue weighted by Crippen LogP contribution is 2.02. The zero-order valence-corrected chi connectivity index (χ0v) is 9.89. The average molecular weight is 257 g/mol. The maximum atomic E-state index is 11.0. The van der Waals surface area contributed by atoms with Gasteiger partial charge in [-0.1, -0.05) is 6.92 Å². The summed E-state index contributed by atoms with van der Waals surface area (Å²) in [6.45, 7) is 1.90. The van der Waals surface area contributed by atoms with Crippen LogP contribution in [-0.2, 0) is 13.5 Å². The molecule has 2 aromatic heterocycles. The molecule has 2 aromatic rings. The van der Waals surface area contributed by atoms with Crippen LogP contribution < -0.4 is 11.4 Å². The molecule has 90 valence electrons. The second-order valence-corrected chi connectivity index (χ2v) is 3.47. The number of aromatic nitrogens is 5. The van der Waals surface area contributed by atoms with Crippen LogP contribution in [0.1, 0.15) is 12.8 Å². The number of rotatable bonds is 2. The molecule has 0 saturated carbocycles. The van der Waals surface area contributed by atoms with Crippen LogP contribution >= 0.6 is 11.6 Å². The molecule has 0 saturated heterocycles. The van der Waals surface area contributed by atoms with Crippen LogP contribution in [0.25, 0.3) is 0 Å². The molecule has 0 radical (unpaired) electrons. The fraction of sp³-hybridized carbons (Fsp3) is 0.375. The molecule has 1 N–H and O–H groups in total. The van der Waals surface area contributed by atoms with Gasteiger partial charge in [0.1, 0.15) is 0 Å². The van der Waals surface area contributed by atoms with Gasteiger partial charge in [0, 0.05) is 13.5 Å². The Balaban J connectivity index is 2.54. The van der Waals surface area contributed by atoms with E-state index >= 15 is 0 Å². The Morgan fingerprint density at radius 3 is 2.88 bits per heavy atom. The van der Waals surface area contributed by atoms with E-state index in [1.165, 1.54) is 4.68 Å².